The highest BCUT2D eigenvalue weighted by Gasteiger charge is 2.20. The van der Waals surface area contributed by atoms with Crippen molar-refractivity contribution in [2.24, 2.45) is 0 Å². The van der Waals surface area contributed by atoms with Crippen molar-refractivity contribution in [1.82, 2.24) is 10.0 Å². The molecule has 1 rings (SSSR count). The van der Waals surface area contributed by atoms with Crippen LogP contribution in [0.4, 0.5) is 8.78 Å². The Kier molecular flexibility index (Phi) is 6.51. The topological polar surface area (TPSA) is 58.2 Å². The fraction of sp³-hybridized carbons (Fsp3) is 0.538. The SMILES string of the molecule is CCCNCC(C)S(=O)(=O)NCc1cc(F)ccc1F. The molecular weight excluding hydrogens is 286 g/mol. The van der Waals surface area contributed by atoms with E-state index < -0.39 is 26.9 Å². The first kappa shape index (κ1) is 17.0. The van der Waals surface area contributed by atoms with Gasteiger partial charge in [0.25, 0.3) is 0 Å². The summed E-state index contributed by atoms with van der Waals surface area (Å²) < 4.78 is 52.5. The van der Waals surface area contributed by atoms with Crippen LogP contribution < -0.4 is 10.0 Å². The summed E-state index contributed by atoms with van der Waals surface area (Å²) in [4.78, 5) is 0. The van der Waals surface area contributed by atoms with Crippen LogP contribution >= 0.6 is 0 Å². The minimum Gasteiger partial charge on any atom is -0.315 e. The predicted octanol–water partition coefficient (Wildman–Crippen LogP) is 1.77. The molecule has 0 saturated heterocycles. The molecule has 0 aliphatic carbocycles. The smallest absolute Gasteiger partial charge is 0.215 e. The van der Waals surface area contributed by atoms with Gasteiger partial charge in [0.15, 0.2) is 0 Å². The van der Waals surface area contributed by atoms with E-state index in [1.807, 2.05) is 6.92 Å². The largest absolute Gasteiger partial charge is 0.315 e. The molecule has 0 spiro atoms. The molecule has 0 radical (unpaired) electrons. The van der Waals surface area contributed by atoms with Gasteiger partial charge < -0.3 is 5.32 Å². The van der Waals surface area contributed by atoms with Crippen molar-refractivity contribution in [1.29, 1.82) is 0 Å². The van der Waals surface area contributed by atoms with E-state index in [1.54, 1.807) is 6.92 Å². The number of halogens is 2. The predicted molar refractivity (Wildman–Crippen MR) is 74.7 cm³/mol. The van der Waals surface area contributed by atoms with E-state index in [2.05, 4.69) is 10.0 Å². The van der Waals surface area contributed by atoms with Crippen molar-refractivity contribution in [2.75, 3.05) is 13.1 Å². The van der Waals surface area contributed by atoms with Crippen LogP contribution in [0.1, 0.15) is 25.8 Å². The summed E-state index contributed by atoms with van der Waals surface area (Å²) in [6, 6.07) is 2.95. The summed E-state index contributed by atoms with van der Waals surface area (Å²) in [6.07, 6.45) is 0.911. The van der Waals surface area contributed by atoms with Gasteiger partial charge in [-0.1, -0.05) is 6.92 Å². The molecule has 1 aromatic carbocycles. The third-order valence-corrected chi connectivity index (χ3v) is 4.63. The monoisotopic (exact) mass is 306 g/mol. The minimum absolute atomic E-state index is 0.0118. The molecule has 0 aliphatic rings. The number of sulfonamides is 1. The average molecular weight is 306 g/mol. The molecule has 20 heavy (non-hydrogen) atoms. The molecule has 4 nitrogen and oxygen atoms in total. The maximum Gasteiger partial charge on any atom is 0.215 e. The van der Waals surface area contributed by atoms with Crippen molar-refractivity contribution in [3.8, 4) is 0 Å². The molecule has 0 saturated carbocycles. The van der Waals surface area contributed by atoms with E-state index in [-0.39, 0.29) is 12.1 Å². The third-order valence-electron chi connectivity index (χ3n) is 2.86. The van der Waals surface area contributed by atoms with Crippen LogP contribution in [0.15, 0.2) is 18.2 Å². The lowest BCUT2D eigenvalue weighted by Crippen LogP contribution is -2.39. The van der Waals surface area contributed by atoms with Gasteiger partial charge >= 0.3 is 0 Å². The zero-order valence-electron chi connectivity index (χ0n) is 11.6. The summed E-state index contributed by atoms with van der Waals surface area (Å²) in [5.41, 5.74) is -0.0118. The summed E-state index contributed by atoms with van der Waals surface area (Å²) in [5, 5.41) is 2.36. The first-order chi connectivity index (χ1) is 9.36. The zero-order chi connectivity index (χ0) is 15.2. The average Bonchev–Trinajstić information content (AvgIpc) is 2.40. The molecule has 1 atom stereocenters. The number of hydrogen-bond donors (Lipinski definition) is 2. The van der Waals surface area contributed by atoms with E-state index in [9.17, 15) is 17.2 Å². The van der Waals surface area contributed by atoms with E-state index in [0.29, 0.717) is 6.54 Å². The Morgan fingerprint density at radius 1 is 1.30 bits per heavy atom. The Morgan fingerprint density at radius 2 is 2.00 bits per heavy atom. The highest BCUT2D eigenvalue weighted by atomic mass is 32.2. The van der Waals surface area contributed by atoms with Crippen LogP contribution in [0.5, 0.6) is 0 Å². The lowest BCUT2D eigenvalue weighted by Gasteiger charge is -2.14. The number of nitrogens with one attached hydrogen (secondary N) is 2. The van der Waals surface area contributed by atoms with Crippen LogP contribution in [-0.2, 0) is 16.6 Å². The van der Waals surface area contributed by atoms with Crippen molar-refractivity contribution in [3.63, 3.8) is 0 Å². The summed E-state index contributed by atoms with van der Waals surface area (Å²) >= 11 is 0. The van der Waals surface area contributed by atoms with Crippen molar-refractivity contribution in [3.05, 3.63) is 35.4 Å². The van der Waals surface area contributed by atoms with Gasteiger partial charge in [-0.25, -0.2) is 21.9 Å². The van der Waals surface area contributed by atoms with Gasteiger partial charge in [-0.2, -0.15) is 0 Å². The van der Waals surface area contributed by atoms with Gasteiger partial charge in [0.2, 0.25) is 10.0 Å². The second-order valence-corrected chi connectivity index (χ2v) is 6.80. The zero-order valence-corrected chi connectivity index (χ0v) is 12.4. The van der Waals surface area contributed by atoms with E-state index in [0.717, 1.165) is 31.2 Å². The molecular formula is C13H20F2N2O2S. The summed E-state index contributed by atoms with van der Waals surface area (Å²) in [7, 11) is -3.57. The summed E-state index contributed by atoms with van der Waals surface area (Å²) in [6.45, 7) is 4.33. The molecule has 1 aromatic rings. The van der Waals surface area contributed by atoms with Crippen molar-refractivity contribution in [2.45, 2.75) is 32.1 Å². The Hall–Kier alpha value is -1.05. The Bertz CT molecular complexity index is 535. The van der Waals surface area contributed by atoms with Crippen LogP contribution in [-0.4, -0.2) is 26.8 Å². The third kappa shape index (κ3) is 5.15. The molecule has 0 bridgehead atoms. The molecule has 0 aromatic heterocycles. The fourth-order valence-electron chi connectivity index (χ4n) is 1.59. The molecule has 7 heteroatoms. The van der Waals surface area contributed by atoms with Gasteiger partial charge in [0.05, 0.1) is 5.25 Å². The maximum atomic E-state index is 13.4. The fourth-order valence-corrected chi connectivity index (χ4v) is 2.57. The second kappa shape index (κ2) is 7.66. The van der Waals surface area contributed by atoms with Crippen LogP contribution in [0.3, 0.4) is 0 Å². The van der Waals surface area contributed by atoms with E-state index in [4.69, 9.17) is 0 Å². The number of rotatable bonds is 8. The number of hydrogen-bond acceptors (Lipinski definition) is 3. The van der Waals surface area contributed by atoms with Crippen LogP contribution in [0, 0.1) is 11.6 Å². The molecule has 0 heterocycles. The lowest BCUT2D eigenvalue weighted by molar-refractivity contribution is 0.550. The quantitative estimate of drug-likeness (QED) is 0.720. The Labute approximate surface area is 118 Å². The van der Waals surface area contributed by atoms with Crippen molar-refractivity contribution < 1.29 is 17.2 Å². The first-order valence-corrected chi connectivity index (χ1v) is 8.04. The van der Waals surface area contributed by atoms with Crippen molar-refractivity contribution >= 4 is 10.0 Å². The highest BCUT2D eigenvalue weighted by Crippen LogP contribution is 2.10. The van der Waals surface area contributed by atoms with Gasteiger partial charge in [-0.05, 0) is 38.1 Å². The molecule has 0 amide bonds. The maximum absolute atomic E-state index is 13.4. The van der Waals surface area contributed by atoms with E-state index >= 15 is 0 Å². The second-order valence-electron chi connectivity index (χ2n) is 4.62. The summed E-state index contributed by atoms with van der Waals surface area (Å²) in [5.74, 6) is -1.23. The molecule has 1 unspecified atom stereocenters. The van der Waals surface area contributed by atoms with Crippen LogP contribution in [0.2, 0.25) is 0 Å². The van der Waals surface area contributed by atoms with Gasteiger partial charge in [-0.15, -0.1) is 0 Å². The standard InChI is InChI=1S/C13H20F2N2O2S/c1-3-6-16-8-10(2)20(18,19)17-9-11-7-12(14)4-5-13(11)15/h4-5,7,10,16-17H,3,6,8-9H2,1-2H3. The first-order valence-electron chi connectivity index (χ1n) is 6.50. The Balaban J connectivity index is 2.60. The highest BCUT2D eigenvalue weighted by molar-refractivity contribution is 7.90. The normalized spacial score (nSPS) is 13.4. The van der Waals surface area contributed by atoms with Crippen LogP contribution in [0.25, 0.3) is 0 Å². The number of benzene rings is 1. The molecule has 0 fully saturated rings. The van der Waals surface area contributed by atoms with Gasteiger partial charge in [0.1, 0.15) is 11.6 Å². The Morgan fingerprint density at radius 3 is 2.65 bits per heavy atom. The van der Waals surface area contributed by atoms with Gasteiger partial charge in [0, 0.05) is 18.7 Å². The molecule has 114 valence electrons. The van der Waals surface area contributed by atoms with E-state index in [1.165, 1.54) is 0 Å². The molecule has 2 N–H and O–H groups in total. The van der Waals surface area contributed by atoms with Gasteiger partial charge in [-0.3, -0.25) is 0 Å². The lowest BCUT2D eigenvalue weighted by atomic mass is 10.2. The minimum atomic E-state index is -3.57. The molecule has 0 aliphatic heterocycles.